The minimum Gasteiger partial charge on any atom is -0.496 e. The van der Waals surface area contributed by atoms with Crippen LogP contribution >= 0.6 is 22.6 Å². The van der Waals surface area contributed by atoms with Gasteiger partial charge in [-0.25, -0.2) is 5.43 Å². The molecule has 0 bridgehead atoms. The van der Waals surface area contributed by atoms with Crippen LogP contribution in [-0.2, 0) is 0 Å². The molecule has 0 unspecified atom stereocenters. The summed E-state index contributed by atoms with van der Waals surface area (Å²) in [4.78, 5) is 15.0. The van der Waals surface area contributed by atoms with Crippen LogP contribution in [0.5, 0.6) is 5.75 Å². The number of ether oxygens (including phenoxy) is 1. The molecule has 2 aromatic rings. The summed E-state index contributed by atoms with van der Waals surface area (Å²) in [6.07, 6.45) is 2.84. The van der Waals surface area contributed by atoms with Gasteiger partial charge in [0.25, 0.3) is 5.91 Å². The van der Waals surface area contributed by atoms with Gasteiger partial charge in [-0.2, -0.15) is 5.10 Å². The highest BCUT2D eigenvalue weighted by molar-refractivity contribution is 14.1. The number of anilines is 1. The zero-order valence-corrected chi connectivity index (χ0v) is 21.6. The number of halogens is 1. The Bertz CT molecular complexity index is 1010. The zero-order chi connectivity index (χ0) is 22.9. The van der Waals surface area contributed by atoms with Crippen molar-refractivity contribution < 1.29 is 9.53 Å². The number of benzene rings is 2. The summed E-state index contributed by atoms with van der Waals surface area (Å²) in [6.45, 7) is 13.5. The average molecular weight is 533 g/mol. The number of methoxy groups -OCH3 is 1. The zero-order valence-electron chi connectivity index (χ0n) is 19.4. The number of carbonyl (C=O) groups excluding carboxylic acids is 1. The smallest absolute Gasteiger partial charge is 0.271 e. The molecule has 2 aromatic carbocycles. The van der Waals surface area contributed by atoms with Crippen molar-refractivity contribution in [3.63, 3.8) is 0 Å². The first-order valence-corrected chi connectivity index (χ1v) is 11.7. The van der Waals surface area contributed by atoms with E-state index in [-0.39, 0.29) is 11.4 Å². The molecule has 1 aliphatic heterocycles. The standard InChI is InChI=1S/C25H32IN3O2/c1-15(2)29-22-10-16(3)19(11-20(22)17(4)13-25(29,5)6)14-27-28-24(30)18-8-9-21(26)23(12-18)31-7/h8-12,14-15,17H,13H2,1-7H3,(H,28,30)/b27-14+/t17-/m1/s1. The predicted octanol–water partition coefficient (Wildman–Crippen LogP) is 5.87. The van der Waals surface area contributed by atoms with E-state index < -0.39 is 0 Å². The lowest BCUT2D eigenvalue weighted by Crippen LogP contribution is -2.51. The van der Waals surface area contributed by atoms with Crippen molar-refractivity contribution in [1.29, 1.82) is 0 Å². The Balaban J connectivity index is 1.84. The van der Waals surface area contributed by atoms with Crippen LogP contribution in [0.15, 0.2) is 35.4 Å². The van der Waals surface area contributed by atoms with Crippen molar-refractivity contribution in [2.75, 3.05) is 12.0 Å². The highest BCUT2D eigenvalue weighted by Gasteiger charge is 2.37. The highest BCUT2D eigenvalue weighted by Crippen LogP contribution is 2.45. The van der Waals surface area contributed by atoms with Gasteiger partial charge in [-0.3, -0.25) is 4.79 Å². The number of amides is 1. The molecule has 3 rings (SSSR count). The van der Waals surface area contributed by atoms with E-state index in [1.54, 1.807) is 25.5 Å². The molecule has 1 N–H and O–H groups in total. The topological polar surface area (TPSA) is 53.9 Å². The maximum Gasteiger partial charge on any atom is 0.271 e. The number of rotatable bonds is 5. The summed E-state index contributed by atoms with van der Waals surface area (Å²) < 4.78 is 6.25. The van der Waals surface area contributed by atoms with Gasteiger partial charge in [0, 0.05) is 22.8 Å². The van der Waals surface area contributed by atoms with Crippen LogP contribution < -0.4 is 15.1 Å². The van der Waals surface area contributed by atoms with E-state index >= 15 is 0 Å². The van der Waals surface area contributed by atoms with Crippen LogP contribution in [0.4, 0.5) is 5.69 Å². The number of hydrazone groups is 1. The van der Waals surface area contributed by atoms with E-state index in [9.17, 15) is 4.79 Å². The minimum absolute atomic E-state index is 0.116. The van der Waals surface area contributed by atoms with E-state index in [1.807, 2.05) is 6.07 Å². The Morgan fingerprint density at radius 2 is 2.03 bits per heavy atom. The molecule has 1 aliphatic rings. The monoisotopic (exact) mass is 533 g/mol. The van der Waals surface area contributed by atoms with Gasteiger partial charge in [-0.15, -0.1) is 0 Å². The summed E-state index contributed by atoms with van der Waals surface area (Å²) in [6, 6.07) is 10.3. The summed E-state index contributed by atoms with van der Waals surface area (Å²) in [5, 5.41) is 4.23. The van der Waals surface area contributed by atoms with Crippen molar-refractivity contribution in [3.05, 3.63) is 56.2 Å². The largest absolute Gasteiger partial charge is 0.496 e. The lowest BCUT2D eigenvalue weighted by Gasteiger charge is -2.50. The number of aryl methyl sites for hydroxylation is 1. The predicted molar refractivity (Wildman–Crippen MR) is 137 cm³/mol. The second-order valence-corrected chi connectivity index (χ2v) is 10.4. The van der Waals surface area contributed by atoms with Crippen molar-refractivity contribution >= 4 is 40.4 Å². The molecule has 5 nitrogen and oxygen atoms in total. The third-order valence-electron chi connectivity index (χ3n) is 5.96. The lowest BCUT2D eigenvalue weighted by molar-refractivity contribution is 0.0954. The second kappa shape index (κ2) is 9.18. The van der Waals surface area contributed by atoms with Gasteiger partial charge in [-0.1, -0.05) is 6.92 Å². The van der Waals surface area contributed by atoms with Gasteiger partial charge in [0.05, 0.1) is 16.9 Å². The number of hydrogen-bond acceptors (Lipinski definition) is 4. The minimum atomic E-state index is -0.261. The first-order valence-electron chi connectivity index (χ1n) is 10.7. The molecule has 0 fully saturated rings. The van der Waals surface area contributed by atoms with Gasteiger partial charge in [-0.05, 0) is 117 Å². The summed E-state index contributed by atoms with van der Waals surface area (Å²) in [7, 11) is 1.60. The van der Waals surface area contributed by atoms with Crippen LogP contribution in [0.1, 0.15) is 74.0 Å². The fourth-order valence-electron chi connectivity index (χ4n) is 4.76. The summed E-state index contributed by atoms with van der Waals surface area (Å²) in [5.74, 6) is 0.874. The fraction of sp³-hybridized carbons (Fsp3) is 0.440. The molecule has 0 aliphatic carbocycles. The molecule has 166 valence electrons. The first-order chi connectivity index (χ1) is 14.5. The van der Waals surface area contributed by atoms with Crippen LogP contribution in [0.25, 0.3) is 0 Å². The van der Waals surface area contributed by atoms with Crippen LogP contribution in [-0.4, -0.2) is 30.8 Å². The number of nitrogens with one attached hydrogen (secondary N) is 1. The molecule has 1 amide bonds. The average Bonchev–Trinajstić information content (AvgIpc) is 2.68. The molecule has 1 atom stereocenters. The Labute approximate surface area is 199 Å². The maximum atomic E-state index is 12.5. The Morgan fingerprint density at radius 1 is 1.32 bits per heavy atom. The summed E-state index contributed by atoms with van der Waals surface area (Å²) in [5.41, 5.74) is 8.08. The van der Waals surface area contributed by atoms with E-state index in [2.05, 4.69) is 91.7 Å². The fourth-order valence-corrected chi connectivity index (χ4v) is 5.31. The van der Waals surface area contributed by atoms with Crippen LogP contribution in [0, 0.1) is 10.5 Å². The van der Waals surface area contributed by atoms with Crippen LogP contribution in [0.2, 0.25) is 0 Å². The van der Waals surface area contributed by atoms with Crippen molar-refractivity contribution in [3.8, 4) is 5.75 Å². The lowest BCUT2D eigenvalue weighted by atomic mass is 9.78. The SMILES string of the molecule is COc1cc(C(=O)N/N=C/c2cc3c(cc2C)N(C(C)C)C(C)(C)C[C@H]3C)ccc1I. The Kier molecular flexibility index (Phi) is 6.98. The molecule has 0 spiro atoms. The maximum absolute atomic E-state index is 12.5. The quantitative estimate of drug-likeness (QED) is 0.297. The number of fused-ring (bicyclic) bond motifs is 1. The van der Waals surface area contributed by atoms with E-state index in [4.69, 9.17) is 4.74 Å². The number of nitrogens with zero attached hydrogens (tertiary/aromatic N) is 2. The van der Waals surface area contributed by atoms with Gasteiger partial charge < -0.3 is 9.64 Å². The molecule has 1 heterocycles. The van der Waals surface area contributed by atoms with Gasteiger partial charge in [0.1, 0.15) is 5.75 Å². The van der Waals surface area contributed by atoms with Crippen LogP contribution in [0.3, 0.4) is 0 Å². The molecular formula is C25H32IN3O2. The molecule has 6 heteroatoms. The van der Waals surface area contributed by atoms with Crippen molar-refractivity contribution in [2.24, 2.45) is 5.10 Å². The van der Waals surface area contributed by atoms with Gasteiger partial charge >= 0.3 is 0 Å². The van der Waals surface area contributed by atoms with E-state index in [0.717, 1.165) is 21.1 Å². The molecular weight excluding hydrogens is 501 g/mol. The van der Waals surface area contributed by atoms with Gasteiger partial charge in [0.15, 0.2) is 0 Å². The highest BCUT2D eigenvalue weighted by atomic mass is 127. The molecule has 0 radical (unpaired) electrons. The normalized spacial score (nSPS) is 17.7. The first kappa shape index (κ1) is 23.6. The molecule has 0 saturated carbocycles. The van der Waals surface area contributed by atoms with Crippen molar-refractivity contribution in [2.45, 2.75) is 65.5 Å². The number of hydrogen-bond donors (Lipinski definition) is 1. The Hall–Kier alpha value is -2.09. The third-order valence-corrected chi connectivity index (χ3v) is 6.85. The summed E-state index contributed by atoms with van der Waals surface area (Å²) >= 11 is 2.18. The van der Waals surface area contributed by atoms with Gasteiger partial charge in [0.2, 0.25) is 0 Å². The third kappa shape index (κ3) is 4.89. The molecule has 0 aromatic heterocycles. The second-order valence-electron chi connectivity index (χ2n) is 9.20. The van der Waals surface area contributed by atoms with E-state index in [0.29, 0.717) is 23.3 Å². The molecule has 31 heavy (non-hydrogen) atoms. The van der Waals surface area contributed by atoms with E-state index in [1.165, 1.54) is 11.3 Å². The number of carbonyl (C=O) groups is 1. The molecule has 0 saturated heterocycles. The Morgan fingerprint density at radius 3 is 2.68 bits per heavy atom. The van der Waals surface area contributed by atoms with Crippen molar-refractivity contribution in [1.82, 2.24) is 5.43 Å².